The number of nitrogens with zero attached hydrogens (tertiary/aromatic N) is 4. The minimum Gasteiger partial charge on any atom is -0.475 e. The van der Waals surface area contributed by atoms with Crippen LogP contribution in [0.3, 0.4) is 0 Å². The topological polar surface area (TPSA) is 120 Å². The number of aromatic nitrogens is 3. The molecule has 1 saturated heterocycles. The average Bonchev–Trinajstić information content (AvgIpc) is 3.49. The number of rotatable bonds is 4. The number of carbonyl (C=O) groups is 1. The summed E-state index contributed by atoms with van der Waals surface area (Å²) in [6, 6.07) is 3.85. The third-order valence-corrected chi connectivity index (χ3v) is 6.92. The van der Waals surface area contributed by atoms with E-state index in [0.717, 1.165) is 38.1 Å². The van der Waals surface area contributed by atoms with Crippen LogP contribution in [0.1, 0.15) is 50.1 Å². The zero-order valence-electron chi connectivity index (χ0n) is 19.7. The maximum Gasteiger partial charge on any atom is 0.490 e. The van der Waals surface area contributed by atoms with E-state index in [4.69, 9.17) is 19.1 Å². The van der Waals surface area contributed by atoms with Gasteiger partial charge in [0.15, 0.2) is 5.82 Å². The summed E-state index contributed by atoms with van der Waals surface area (Å²) in [5.41, 5.74) is -1.40. The lowest BCUT2D eigenvalue weighted by Gasteiger charge is -2.35. The summed E-state index contributed by atoms with van der Waals surface area (Å²) >= 11 is 0. The number of likely N-dealkylation sites (tertiary alicyclic amines) is 1. The van der Waals surface area contributed by atoms with Gasteiger partial charge in [0.1, 0.15) is 18.0 Å². The van der Waals surface area contributed by atoms with Crippen LogP contribution in [0, 0.1) is 5.92 Å². The highest BCUT2D eigenvalue weighted by molar-refractivity contribution is 5.73. The first kappa shape index (κ1) is 26.1. The van der Waals surface area contributed by atoms with Gasteiger partial charge in [0.05, 0.1) is 19.4 Å². The minimum absolute atomic E-state index is 0.273. The van der Waals surface area contributed by atoms with E-state index in [0.29, 0.717) is 31.4 Å². The van der Waals surface area contributed by atoms with Crippen LogP contribution in [0.4, 0.5) is 13.2 Å². The van der Waals surface area contributed by atoms with Crippen molar-refractivity contribution < 1.29 is 32.2 Å². The van der Waals surface area contributed by atoms with Gasteiger partial charge in [-0.25, -0.2) is 9.48 Å². The standard InChI is InChI=1S/C21H28N4O4.C2HF3O2/c26-19-20(27)25(11-16-5-2-1-3-6-16)22-18-13-29-21(15-24(18)19)8-9-23(14-21)12-17-7-4-10-28-17;3-2(4,5)1(6)7/h4,7,10,16H,1-3,5-6,8-9,11-15H2;(H,6,7). The van der Waals surface area contributed by atoms with Gasteiger partial charge in [0.25, 0.3) is 0 Å². The van der Waals surface area contributed by atoms with E-state index in [1.165, 1.54) is 23.9 Å². The van der Waals surface area contributed by atoms with Crippen molar-refractivity contribution in [1.29, 1.82) is 0 Å². The lowest BCUT2D eigenvalue weighted by atomic mass is 9.89. The number of carboxylic acid groups (broad SMARTS) is 1. The summed E-state index contributed by atoms with van der Waals surface area (Å²) in [5.74, 6) is -0.826. The second kappa shape index (κ2) is 10.6. The van der Waals surface area contributed by atoms with Crippen molar-refractivity contribution in [2.75, 3.05) is 13.1 Å². The van der Waals surface area contributed by atoms with Crippen molar-refractivity contribution >= 4 is 5.97 Å². The molecule has 1 unspecified atom stereocenters. The average molecular weight is 515 g/mol. The molecule has 1 N–H and O–H groups in total. The largest absolute Gasteiger partial charge is 0.490 e. The van der Waals surface area contributed by atoms with Crippen molar-refractivity contribution in [2.24, 2.45) is 5.92 Å². The molecular formula is C23H29F3N4O6. The Bertz CT molecular complexity index is 1170. The molecule has 0 radical (unpaired) electrons. The van der Waals surface area contributed by atoms with Gasteiger partial charge in [-0.2, -0.15) is 18.3 Å². The Morgan fingerprint density at radius 3 is 2.53 bits per heavy atom. The Morgan fingerprint density at radius 1 is 1.17 bits per heavy atom. The molecule has 13 heteroatoms. The first-order valence-corrected chi connectivity index (χ1v) is 12.0. The predicted molar refractivity (Wildman–Crippen MR) is 119 cm³/mol. The first-order valence-electron chi connectivity index (χ1n) is 12.0. The number of alkyl halides is 3. The van der Waals surface area contributed by atoms with E-state index in [2.05, 4.69) is 10.00 Å². The number of hydrogen-bond donors (Lipinski definition) is 1. The molecule has 4 heterocycles. The number of halogens is 3. The molecule has 1 aliphatic carbocycles. The Hall–Kier alpha value is -2.93. The van der Waals surface area contributed by atoms with Crippen LogP contribution < -0.4 is 11.1 Å². The van der Waals surface area contributed by atoms with E-state index >= 15 is 0 Å². The van der Waals surface area contributed by atoms with Crippen LogP contribution in [-0.2, 0) is 35.8 Å². The Kier molecular flexibility index (Phi) is 7.69. The van der Waals surface area contributed by atoms with Gasteiger partial charge in [-0.15, -0.1) is 0 Å². The SMILES string of the molecule is O=C(O)C(F)(F)F.O=c1c(=O)n2c(nn1CC1CCCCC1)COC1(CCN(Cc3ccco3)C1)C2. The molecule has 0 amide bonds. The maximum absolute atomic E-state index is 12.9. The molecule has 0 bridgehead atoms. The van der Waals surface area contributed by atoms with Gasteiger partial charge in [0.2, 0.25) is 0 Å². The fraction of sp³-hybridized carbons (Fsp3) is 0.652. The van der Waals surface area contributed by atoms with E-state index in [-0.39, 0.29) is 6.61 Å². The maximum atomic E-state index is 12.9. The van der Waals surface area contributed by atoms with Crippen molar-refractivity contribution in [2.45, 2.75) is 76.5 Å². The highest BCUT2D eigenvalue weighted by Gasteiger charge is 2.43. The normalized spacial score (nSPS) is 22.8. The molecule has 1 spiro atoms. The number of carboxylic acids is 1. The smallest absolute Gasteiger partial charge is 0.475 e. The molecule has 1 atom stereocenters. The molecule has 0 aromatic carbocycles. The number of aliphatic carboxylic acids is 1. The van der Waals surface area contributed by atoms with Gasteiger partial charge >= 0.3 is 23.3 Å². The zero-order valence-corrected chi connectivity index (χ0v) is 19.7. The molecular weight excluding hydrogens is 485 g/mol. The molecule has 2 aliphatic heterocycles. The quantitative estimate of drug-likeness (QED) is 0.618. The molecule has 1 saturated carbocycles. The second-order valence-corrected chi connectivity index (χ2v) is 9.61. The van der Waals surface area contributed by atoms with Crippen LogP contribution in [0.25, 0.3) is 0 Å². The van der Waals surface area contributed by atoms with E-state index < -0.39 is 28.9 Å². The summed E-state index contributed by atoms with van der Waals surface area (Å²) < 4.78 is 46.4. The summed E-state index contributed by atoms with van der Waals surface area (Å²) in [5, 5.41) is 11.6. The van der Waals surface area contributed by atoms with Crippen LogP contribution in [0.15, 0.2) is 32.4 Å². The van der Waals surface area contributed by atoms with Gasteiger partial charge in [-0.05, 0) is 37.3 Å². The van der Waals surface area contributed by atoms with Crippen molar-refractivity contribution in [1.82, 2.24) is 19.2 Å². The van der Waals surface area contributed by atoms with Crippen LogP contribution >= 0.6 is 0 Å². The van der Waals surface area contributed by atoms with E-state index in [1.54, 1.807) is 10.8 Å². The number of furan rings is 1. The highest BCUT2D eigenvalue weighted by atomic mass is 19.4. The van der Waals surface area contributed by atoms with Crippen LogP contribution in [-0.4, -0.2) is 55.2 Å². The minimum atomic E-state index is -5.08. The summed E-state index contributed by atoms with van der Waals surface area (Å²) in [6.45, 7) is 3.52. The molecule has 2 fully saturated rings. The Morgan fingerprint density at radius 2 is 1.89 bits per heavy atom. The number of hydrogen-bond acceptors (Lipinski definition) is 7. The van der Waals surface area contributed by atoms with Crippen molar-refractivity contribution in [3.63, 3.8) is 0 Å². The van der Waals surface area contributed by atoms with E-state index in [9.17, 15) is 22.8 Å². The third kappa shape index (κ3) is 6.06. The van der Waals surface area contributed by atoms with Gasteiger partial charge in [-0.3, -0.25) is 19.1 Å². The lowest BCUT2D eigenvalue weighted by Crippen LogP contribution is -2.53. The highest BCUT2D eigenvalue weighted by Crippen LogP contribution is 2.32. The summed E-state index contributed by atoms with van der Waals surface area (Å²) in [6.07, 6.45) is 3.30. The summed E-state index contributed by atoms with van der Waals surface area (Å²) in [7, 11) is 0. The Balaban J connectivity index is 0.000000384. The molecule has 198 valence electrons. The molecule has 10 nitrogen and oxygen atoms in total. The Labute approximate surface area is 204 Å². The fourth-order valence-corrected chi connectivity index (χ4v) is 5.07. The monoisotopic (exact) mass is 514 g/mol. The van der Waals surface area contributed by atoms with Gasteiger partial charge in [-0.1, -0.05) is 19.3 Å². The van der Waals surface area contributed by atoms with E-state index in [1.807, 2.05) is 12.1 Å². The lowest BCUT2D eigenvalue weighted by molar-refractivity contribution is -0.192. The summed E-state index contributed by atoms with van der Waals surface area (Å²) in [4.78, 5) is 36.7. The first-order chi connectivity index (χ1) is 17.1. The molecule has 3 aliphatic rings. The number of fused-ring (bicyclic) bond motifs is 1. The molecule has 2 aromatic heterocycles. The van der Waals surface area contributed by atoms with Crippen LogP contribution in [0.2, 0.25) is 0 Å². The van der Waals surface area contributed by atoms with Crippen LogP contribution in [0.5, 0.6) is 0 Å². The zero-order chi connectivity index (χ0) is 25.9. The van der Waals surface area contributed by atoms with Crippen molar-refractivity contribution in [3.05, 3.63) is 50.7 Å². The molecule has 5 rings (SSSR count). The fourth-order valence-electron chi connectivity index (χ4n) is 5.07. The van der Waals surface area contributed by atoms with Crippen molar-refractivity contribution in [3.8, 4) is 0 Å². The molecule has 36 heavy (non-hydrogen) atoms. The third-order valence-electron chi connectivity index (χ3n) is 6.92. The second-order valence-electron chi connectivity index (χ2n) is 9.61. The molecule has 2 aromatic rings. The predicted octanol–water partition coefficient (Wildman–Crippen LogP) is 2.39. The van der Waals surface area contributed by atoms with Gasteiger partial charge in [0, 0.05) is 19.6 Å². The van der Waals surface area contributed by atoms with Gasteiger partial charge < -0.3 is 14.3 Å². The number of ether oxygens (including phenoxy) is 1.